The molecule has 0 fully saturated rings. The van der Waals surface area contributed by atoms with Crippen LogP contribution in [0.5, 0.6) is 11.6 Å². The third kappa shape index (κ3) is 3.57. The second-order valence-electron chi connectivity index (χ2n) is 4.26. The van der Waals surface area contributed by atoms with Gasteiger partial charge in [0.25, 0.3) is 0 Å². The first-order chi connectivity index (χ1) is 10.1. The fourth-order valence-electron chi connectivity index (χ4n) is 1.68. The third-order valence-electron chi connectivity index (χ3n) is 2.70. The molecule has 0 atom stereocenters. The minimum atomic E-state index is -0.379. The van der Waals surface area contributed by atoms with E-state index in [1.165, 1.54) is 0 Å². The van der Waals surface area contributed by atoms with E-state index in [2.05, 4.69) is 4.98 Å². The molecular weight excluding hydrogens is 268 g/mol. The van der Waals surface area contributed by atoms with Crippen molar-refractivity contribution >= 4 is 5.97 Å². The Labute approximate surface area is 122 Å². The van der Waals surface area contributed by atoms with Crippen LogP contribution in [0.15, 0.2) is 36.4 Å². The van der Waals surface area contributed by atoms with Crippen LogP contribution in [-0.4, -0.2) is 17.6 Å². The minimum Gasteiger partial charge on any atom is -0.462 e. The monoisotopic (exact) mass is 282 g/mol. The molecule has 2 rings (SSSR count). The zero-order valence-corrected chi connectivity index (χ0v) is 11.8. The first kappa shape index (κ1) is 14.5. The van der Waals surface area contributed by atoms with Gasteiger partial charge in [0.2, 0.25) is 5.88 Å². The molecule has 2 aromatic rings. The molecule has 0 aliphatic carbocycles. The Morgan fingerprint density at radius 1 is 1.24 bits per heavy atom. The van der Waals surface area contributed by atoms with Crippen LogP contribution in [0, 0.1) is 18.3 Å². The summed E-state index contributed by atoms with van der Waals surface area (Å²) in [6.07, 6.45) is 0. The summed E-state index contributed by atoms with van der Waals surface area (Å²) in [5.41, 5.74) is 1.56. The van der Waals surface area contributed by atoms with Crippen molar-refractivity contribution in [2.24, 2.45) is 0 Å². The minimum absolute atomic E-state index is 0.251. The van der Waals surface area contributed by atoms with Gasteiger partial charge < -0.3 is 9.47 Å². The van der Waals surface area contributed by atoms with Crippen molar-refractivity contribution in [1.82, 2.24) is 4.98 Å². The van der Waals surface area contributed by atoms with Gasteiger partial charge in [0.1, 0.15) is 17.4 Å². The lowest BCUT2D eigenvalue weighted by Gasteiger charge is -2.07. The van der Waals surface area contributed by atoms with Crippen LogP contribution in [0.2, 0.25) is 0 Å². The van der Waals surface area contributed by atoms with Crippen LogP contribution in [0.1, 0.15) is 28.5 Å². The second-order valence-corrected chi connectivity index (χ2v) is 4.26. The summed E-state index contributed by atoms with van der Waals surface area (Å²) in [6, 6.07) is 11.9. The number of hydrogen-bond donors (Lipinski definition) is 0. The average Bonchev–Trinajstić information content (AvgIpc) is 2.48. The molecular formula is C16H14N2O3. The summed E-state index contributed by atoms with van der Waals surface area (Å²) in [7, 11) is 0. The fraction of sp³-hybridized carbons (Fsp3) is 0.188. The summed E-state index contributed by atoms with van der Waals surface area (Å²) in [6.45, 7) is 3.90. The van der Waals surface area contributed by atoms with E-state index in [1.54, 1.807) is 43.3 Å². The van der Waals surface area contributed by atoms with Crippen LogP contribution in [-0.2, 0) is 4.74 Å². The third-order valence-corrected chi connectivity index (χ3v) is 2.70. The largest absolute Gasteiger partial charge is 0.462 e. The smallest absolute Gasteiger partial charge is 0.338 e. The SMILES string of the molecule is CCOC(=O)c1ccc(Oc2nc(C)ccc2C#N)cc1. The number of hydrogen-bond acceptors (Lipinski definition) is 5. The van der Waals surface area contributed by atoms with Crippen molar-refractivity contribution < 1.29 is 14.3 Å². The van der Waals surface area contributed by atoms with Crippen molar-refractivity contribution in [1.29, 1.82) is 5.26 Å². The molecule has 0 radical (unpaired) electrons. The van der Waals surface area contributed by atoms with E-state index < -0.39 is 0 Å². The van der Waals surface area contributed by atoms with Gasteiger partial charge in [-0.1, -0.05) is 0 Å². The molecule has 0 saturated carbocycles. The summed E-state index contributed by atoms with van der Waals surface area (Å²) < 4.78 is 10.5. The van der Waals surface area contributed by atoms with Crippen LogP contribution < -0.4 is 4.74 Å². The molecule has 0 aliphatic rings. The van der Waals surface area contributed by atoms with Gasteiger partial charge in [-0.05, 0) is 50.2 Å². The van der Waals surface area contributed by atoms with Gasteiger partial charge in [-0.25, -0.2) is 9.78 Å². The molecule has 0 unspecified atom stereocenters. The first-order valence-corrected chi connectivity index (χ1v) is 6.47. The predicted octanol–water partition coefficient (Wildman–Crippen LogP) is 3.23. The molecule has 5 nitrogen and oxygen atoms in total. The normalized spacial score (nSPS) is 9.76. The van der Waals surface area contributed by atoms with Crippen molar-refractivity contribution in [3.8, 4) is 17.7 Å². The van der Waals surface area contributed by atoms with Gasteiger partial charge in [-0.3, -0.25) is 0 Å². The number of benzene rings is 1. The van der Waals surface area contributed by atoms with Crippen LogP contribution in [0.4, 0.5) is 0 Å². The van der Waals surface area contributed by atoms with Gasteiger partial charge in [0.15, 0.2) is 0 Å². The molecule has 1 aromatic heterocycles. The van der Waals surface area contributed by atoms with E-state index in [9.17, 15) is 4.79 Å². The number of aromatic nitrogens is 1. The molecule has 0 amide bonds. The molecule has 0 spiro atoms. The van der Waals surface area contributed by atoms with Gasteiger partial charge in [-0.2, -0.15) is 5.26 Å². The molecule has 0 bridgehead atoms. The first-order valence-electron chi connectivity index (χ1n) is 6.47. The van der Waals surface area contributed by atoms with Gasteiger partial charge in [0.05, 0.1) is 12.2 Å². The molecule has 0 saturated heterocycles. The summed E-state index contributed by atoms with van der Waals surface area (Å²) in [5.74, 6) is 0.370. The summed E-state index contributed by atoms with van der Waals surface area (Å²) in [5, 5.41) is 9.03. The highest BCUT2D eigenvalue weighted by atomic mass is 16.5. The number of pyridine rings is 1. The lowest BCUT2D eigenvalue weighted by molar-refractivity contribution is 0.0526. The predicted molar refractivity (Wildman–Crippen MR) is 76.2 cm³/mol. The Hall–Kier alpha value is -2.87. The Balaban J connectivity index is 2.19. The summed E-state index contributed by atoms with van der Waals surface area (Å²) >= 11 is 0. The highest BCUT2D eigenvalue weighted by molar-refractivity contribution is 5.89. The number of nitrogens with zero attached hydrogens (tertiary/aromatic N) is 2. The number of aryl methyl sites for hydroxylation is 1. The Kier molecular flexibility index (Phi) is 4.52. The van der Waals surface area contributed by atoms with Gasteiger partial charge >= 0.3 is 5.97 Å². The van der Waals surface area contributed by atoms with Crippen molar-refractivity contribution in [2.45, 2.75) is 13.8 Å². The number of carbonyl (C=O) groups excluding carboxylic acids is 1. The van der Waals surface area contributed by atoms with E-state index in [0.717, 1.165) is 5.69 Å². The van der Waals surface area contributed by atoms with Crippen LogP contribution in [0.25, 0.3) is 0 Å². The highest BCUT2D eigenvalue weighted by Gasteiger charge is 2.09. The van der Waals surface area contributed by atoms with Crippen LogP contribution in [0.3, 0.4) is 0 Å². The molecule has 106 valence electrons. The Morgan fingerprint density at radius 3 is 2.57 bits per heavy atom. The van der Waals surface area contributed by atoms with E-state index in [-0.39, 0.29) is 11.8 Å². The maximum absolute atomic E-state index is 11.5. The average molecular weight is 282 g/mol. The maximum atomic E-state index is 11.5. The topological polar surface area (TPSA) is 72.2 Å². The van der Waals surface area contributed by atoms with Gasteiger partial charge in [0, 0.05) is 5.69 Å². The molecule has 0 aliphatic heterocycles. The zero-order chi connectivity index (χ0) is 15.2. The second kappa shape index (κ2) is 6.53. The molecule has 0 N–H and O–H groups in total. The molecule has 1 heterocycles. The van der Waals surface area contributed by atoms with Gasteiger partial charge in [-0.15, -0.1) is 0 Å². The number of carbonyl (C=O) groups is 1. The molecule has 21 heavy (non-hydrogen) atoms. The van der Waals surface area contributed by atoms with E-state index in [4.69, 9.17) is 14.7 Å². The fourth-order valence-corrected chi connectivity index (χ4v) is 1.68. The lowest BCUT2D eigenvalue weighted by Crippen LogP contribution is -2.04. The van der Waals surface area contributed by atoms with Crippen molar-refractivity contribution in [3.63, 3.8) is 0 Å². The number of rotatable bonds is 4. The molecule has 1 aromatic carbocycles. The number of esters is 1. The van der Waals surface area contributed by atoms with Crippen molar-refractivity contribution in [2.75, 3.05) is 6.61 Å². The Bertz CT molecular complexity index is 688. The Morgan fingerprint density at radius 2 is 1.95 bits per heavy atom. The lowest BCUT2D eigenvalue weighted by atomic mass is 10.2. The zero-order valence-electron chi connectivity index (χ0n) is 11.8. The van der Waals surface area contributed by atoms with Crippen LogP contribution >= 0.6 is 0 Å². The molecule has 5 heteroatoms. The van der Waals surface area contributed by atoms with Crippen molar-refractivity contribution in [3.05, 3.63) is 53.2 Å². The van der Waals surface area contributed by atoms with E-state index in [1.807, 2.05) is 13.0 Å². The number of nitriles is 1. The quantitative estimate of drug-likeness (QED) is 0.805. The standard InChI is InChI=1S/C16H14N2O3/c1-3-20-16(19)12-6-8-14(9-7-12)21-15-13(10-17)5-4-11(2)18-15/h4-9H,3H2,1-2H3. The van der Waals surface area contributed by atoms with E-state index >= 15 is 0 Å². The highest BCUT2D eigenvalue weighted by Crippen LogP contribution is 2.23. The maximum Gasteiger partial charge on any atom is 0.338 e. The van der Waals surface area contributed by atoms with E-state index in [0.29, 0.717) is 23.5 Å². The number of ether oxygens (including phenoxy) is 2. The summed E-state index contributed by atoms with van der Waals surface area (Å²) in [4.78, 5) is 15.7.